The molecule has 37 heavy (non-hydrogen) atoms. The third-order valence-electron chi connectivity index (χ3n) is 10.8. The second-order valence-corrected chi connectivity index (χ2v) is 30.0. The van der Waals surface area contributed by atoms with Crippen molar-refractivity contribution in [2.75, 3.05) is 6.61 Å². The molecule has 8 atom stereocenters. The van der Waals surface area contributed by atoms with Gasteiger partial charge < -0.3 is 13.3 Å². The third-order valence-corrected chi connectivity index (χ3v) is 13.8. The Labute approximate surface area is 231 Å². The molecule has 0 heterocycles. The van der Waals surface area contributed by atoms with Crippen molar-refractivity contribution >= 4 is 30.7 Å². The van der Waals surface area contributed by atoms with Crippen molar-refractivity contribution < 1.29 is 18.1 Å². The molecule has 4 nitrogen and oxygen atoms in total. The average molecular weight is 567 g/mol. The Hall–Kier alpha value is 0.201. The molecule has 0 aromatic carbocycles. The van der Waals surface area contributed by atoms with Gasteiger partial charge in [0.15, 0.2) is 30.7 Å². The zero-order valence-corrected chi connectivity index (χ0v) is 29.1. The Kier molecular flexibility index (Phi) is 8.10. The highest BCUT2D eigenvalue weighted by Gasteiger charge is 2.68. The van der Waals surface area contributed by atoms with Gasteiger partial charge in [-0.25, -0.2) is 0 Å². The Morgan fingerprint density at radius 1 is 0.757 bits per heavy atom. The predicted molar refractivity (Wildman–Crippen MR) is 161 cm³/mol. The second kappa shape index (κ2) is 9.93. The molecule has 214 valence electrons. The van der Waals surface area contributed by atoms with E-state index >= 15 is 0 Å². The van der Waals surface area contributed by atoms with E-state index in [1.54, 1.807) is 0 Å². The Bertz CT molecular complexity index is 858. The van der Waals surface area contributed by atoms with Crippen LogP contribution in [0, 0.1) is 34.5 Å². The summed E-state index contributed by atoms with van der Waals surface area (Å²) in [5.41, 5.74) is -0.303. The molecule has 0 amide bonds. The number of fused-ring (bicyclic) bond motifs is 5. The van der Waals surface area contributed by atoms with Crippen LogP contribution in [0.15, 0.2) is 0 Å². The van der Waals surface area contributed by atoms with Gasteiger partial charge in [-0.1, -0.05) is 13.8 Å². The Balaban J connectivity index is 1.58. The van der Waals surface area contributed by atoms with Crippen LogP contribution >= 0.6 is 0 Å². The molecule has 4 aliphatic carbocycles. The summed E-state index contributed by atoms with van der Waals surface area (Å²) in [5, 5.41) is 0. The van der Waals surface area contributed by atoms with E-state index in [9.17, 15) is 4.79 Å². The highest BCUT2D eigenvalue weighted by atomic mass is 28.4. The van der Waals surface area contributed by atoms with Gasteiger partial charge in [0.25, 0.3) is 0 Å². The number of carbonyl (C=O) groups excluding carboxylic acids is 1. The van der Waals surface area contributed by atoms with Crippen LogP contribution in [0.2, 0.25) is 58.9 Å². The van der Waals surface area contributed by atoms with E-state index in [0.717, 1.165) is 37.0 Å². The first-order valence-electron chi connectivity index (χ1n) is 15.3. The van der Waals surface area contributed by atoms with Crippen LogP contribution in [0.25, 0.3) is 0 Å². The minimum absolute atomic E-state index is 0.0737. The minimum atomic E-state index is -1.95. The van der Waals surface area contributed by atoms with Crippen molar-refractivity contribution in [3.63, 3.8) is 0 Å². The molecule has 4 saturated carbocycles. The summed E-state index contributed by atoms with van der Waals surface area (Å²) in [4.78, 5) is 14.1. The zero-order valence-electron chi connectivity index (χ0n) is 26.1. The standard InChI is InChI=1S/C30H58O4Si3/c1-28-17-14-23(33-36(6,7)8)20-22(28)12-13-24-25(28)15-18-29(2)26(24)16-19-30(29,34-37(9,10)11)27(31)21-32-35(3,4)5/h22-26H,12-21H2,1-11H3. The Morgan fingerprint density at radius 3 is 2.00 bits per heavy atom. The lowest BCUT2D eigenvalue weighted by atomic mass is 9.44. The quantitative estimate of drug-likeness (QED) is 0.277. The molecule has 4 rings (SSSR count). The lowest BCUT2D eigenvalue weighted by molar-refractivity contribution is -0.169. The largest absolute Gasteiger partial charge is 0.415 e. The molecular formula is C30H58O4Si3. The lowest BCUT2D eigenvalue weighted by Crippen LogP contribution is -2.62. The summed E-state index contributed by atoms with van der Waals surface area (Å²) in [6.07, 6.45) is 11.4. The first-order chi connectivity index (χ1) is 16.8. The third kappa shape index (κ3) is 5.83. The van der Waals surface area contributed by atoms with Crippen molar-refractivity contribution in [3.05, 3.63) is 0 Å². The number of hydrogen-bond donors (Lipinski definition) is 0. The fraction of sp³-hybridized carbons (Fsp3) is 0.967. The van der Waals surface area contributed by atoms with E-state index in [2.05, 4.69) is 72.8 Å². The van der Waals surface area contributed by atoms with Crippen LogP contribution in [0.4, 0.5) is 0 Å². The highest BCUT2D eigenvalue weighted by molar-refractivity contribution is 6.70. The van der Waals surface area contributed by atoms with Crippen molar-refractivity contribution in [1.82, 2.24) is 0 Å². The average Bonchev–Trinajstić information content (AvgIpc) is 3.02. The molecule has 0 N–H and O–H groups in total. The van der Waals surface area contributed by atoms with Crippen LogP contribution in [-0.4, -0.2) is 49.0 Å². The van der Waals surface area contributed by atoms with Crippen LogP contribution in [-0.2, 0) is 18.1 Å². The molecule has 0 spiro atoms. The molecule has 4 aliphatic rings. The predicted octanol–water partition coefficient (Wildman–Crippen LogP) is 8.26. The maximum atomic E-state index is 14.1. The molecule has 0 bridgehead atoms. The maximum absolute atomic E-state index is 14.1. The molecule has 4 fully saturated rings. The molecule has 0 saturated heterocycles. The van der Waals surface area contributed by atoms with E-state index < -0.39 is 30.6 Å². The summed E-state index contributed by atoms with van der Waals surface area (Å²) >= 11 is 0. The SMILES string of the molecule is CC12CCC(O[Si](C)(C)C)CC1CCC1C2CCC2(C)C1CCC2(O[Si](C)(C)C)C(=O)CO[Si](C)(C)C. The number of hydrogen-bond acceptors (Lipinski definition) is 4. The van der Waals surface area contributed by atoms with E-state index in [4.69, 9.17) is 13.3 Å². The summed E-state index contributed by atoms with van der Waals surface area (Å²) in [6.45, 7) is 25.6. The molecule has 0 aromatic heterocycles. The smallest absolute Gasteiger partial charge is 0.188 e. The van der Waals surface area contributed by atoms with E-state index in [1.807, 2.05) is 0 Å². The van der Waals surface area contributed by atoms with Gasteiger partial charge in [-0.05, 0) is 146 Å². The van der Waals surface area contributed by atoms with Gasteiger partial charge >= 0.3 is 0 Å². The van der Waals surface area contributed by atoms with Gasteiger partial charge in [0.2, 0.25) is 0 Å². The van der Waals surface area contributed by atoms with Crippen molar-refractivity contribution in [3.8, 4) is 0 Å². The van der Waals surface area contributed by atoms with E-state index in [0.29, 0.717) is 17.4 Å². The lowest BCUT2D eigenvalue weighted by Gasteiger charge is -2.62. The van der Waals surface area contributed by atoms with Crippen LogP contribution in [0.3, 0.4) is 0 Å². The Morgan fingerprint density at radius 2 is 1.41 bits per heavy atom. The zero-order chi connectivity index (χ0) is 27.7. The summed E-state index contributed by atoms with van der Waals surface area (Å²) in [7, 11) is -5.23. The molecular weight excluding hydrogens is 509 g/mol. The first-order valence-corrected chi connectivity index (χ1v) is 25.6. The van der Waals surface area contributed by atoms with Crippen molar-refractivity contribution in [2.45, 2.75) is 142 Å². The fourth-order valence-corrected chi connectivity index (χ4v) is 12.7. The van der Waals surface area contributed by atoms with Crippen LogP contribution in [0.5, 0.6) is 0 Å². The van der Waals surface area contributed by atoms with Crippen LogP contribution in [0.1, 0.15) is 71.6 Å². The van der Waals surface area contributed by atoms with Gasteiger partial charge in [0.05, 0.1) is 6.61 Å². The highest BCUT2D eigenvalue weighted by Crippen LogP contribution is 2.69. The number of Topliss-reactive ketones (excluding diaryl/α,β-unsaturated/α-hetero) is 1. The number of rotatable bonds is 8. The number of carbonyl (C=O) groups is 1. The van der Waals surface area contributed by atoms with Crippen LogP contribution < -0.4 is 0 Å². The molecule has 7 heteroatoms. The van der Waals surface area contributed by atoms with E-state index in [1.165, 1.54) is 38.5 Å². The van der Waals surface area contributed by atoms with Gasteiger partial charge in [-0.15, -0.1) is 0 Å². The van der Waals surface area contributed by atoms with Crippen molar-refractivity contribution in [1.29, 1.82) is 0 Å². The first kappa shape index (κ1) is 30.2. The topological polar surface area (TPSA) is 44.8 Å². The van der Waals surface area contributed by atoms with Crippen molar-refractivity contribution in [2.24, 2.45) is 34.5 Å². The van der Waals surface area contributed by atoms with Gasteiger partial charge in [0, 0.05) is 11.5 Å². The minimum Gasteiger partial charge on any atom is -0.415 e. The molecule has 0 radical (unpaired) electrons. The summed E-state index contributed by atoms with van der Waals surface area (Å²) in [6, 6.07) is 0. The van der Waals surface area contributed by atoms with Gasteiger partial charge in [0.1, 0.15) is 5.60 Å². The second-order valence-electron chi connectivity index (χ2n) is 16.6. The normalized spacial score (nSPS) is 42.6. The fourth-order valence-electron chi connectivity index (χ4n) is 9.43. The van der Waals surface area contributed by atoms with E-state index in [-0.39, 0.29) is 17.8 Å². The molecule has 0 aromatic rings. The molecule has 8 unspecified atom stereocenters. The monoisotopic (exact) mass is 566 g/mol. The van der Waals surface area contributed by atoms with Gasteiger partial charge in [-0.2, -0.15) is 0 Å². The maximum Gasteiger partial charge on any atom is 0.188 e. The summed E-state index contributed by atoms with van der Waals surface area (Å²) < 4.78 is 19.9. The number of ketones is 1. The molecule has 0 aliphatic heterocycles. The summed E-state index contributed by atoms with van der Waals surface area (Å²) in [5.74, 6) is 3.14. The van der Waals surface area contributed by atoms with Gasteiger partial charge in [-0.3, -0.25) is 4.79 Å².